The first-order valence-electron chi connectivity index (χ1n) is 15.6. The topological polar surface area (TPSA) is 60.7 Å². The van der Waals surface area contributed by atoms with E-state index >= 15 is 0 Å². The molecule has 43 heavy (non-hydrogen) atoms. The first kappa shape index (κ1) is 36.3. The zero-order chi connectivity index (χ0) is 32.4. The zero-order valence-corrected chi connectivity index (χ0v) is 28.3. The van der Waals surface area contributed by atoms with E-state index in [1.54, 1.807) is 6.92 Å². The second-order valence-corrected chi connectivity index (χ2v) is 14.1. The number of hydrogen-bond acceptors (Lipinski definition) is 3. The van der Waals surface area contributed by atoms with Crippen molar-refractivity contribution in [1.29, 1.82) is 0 Å². The first-order valence-corrected chi connectivity index (χ1v) is 15.6. The molecule has 0 heterocycles. The summed E-state index contributed by atoms with van der Waals surface area (Å²) in [6, 6.07) is 0. The summed E-state index contributed by atoms with van der Waals surface area (Å²) in [6.45, 7) is 20.7. The highest BCUT2D eigenvalue weighted by atomic mass is 16.3. The lowest BCUT2D eigenvalue weighted by Gasteiger charge is -2.43. The molecule has 0 aromatic rings. The van der Waals surface area contributed by atoms with Gasteiger partial charge in [-0.15, -0.1) is 5.73 Å². The van der Waals surface area contributed by atoms with Crippen LogP contribution in [0.1, 0.15) is 94.9 Å². The van der Waals surface area contributed by atoms with Gasteiger partial charge in [-0.3, -0.25) is 0 Å². The quantitative estimate of drug-likeness (QED) is 0.187. The predicted molar refractivity (Wildman–Crippen MR) is 185 cm³/mol. The van der Waals surface area contributed by atoms with Crippen LogP contribution in [0.2, 0.25) is 0 Å². The monoisotopic (exact) mass is 584 g/mol. The standard InChI is InChI=1S/C40H56O3/c1-29(17-13-19-31(3)21-23-36-33(5)25-34(41)26-38(36,6)7)15-11-12-16-30(2)18-14-20-32(4)22-24-37-39(8,9)27-35(42)28-40(37,10)43/h11-23,34-35,41-43H,25-28H2,1-10H3. The summed E-state index contributed by atoms with van der Waals surface area (Å²) in [5.74, 6) is 0. The second-order valence-electron chi connectivity index (χ2n) is 14.1. The van der Waals surface area contributed by atoms with E-state index in [1.165, 1.54) is 22.3 Å². The lowest BCUT2D eigenvalue weighted by molar-refractivity contribution is -0.0268. The molecule has 3 heteroatoms. The van der Waals surface area contributed by atoms with E-state index in [9.17, 15) is 15.3 Å². The normalized spacial score (nSPS) is 27.7. The number of aliphatic hydroxyl groups excluding tert-OH is 2. The van der Waals surface area contributed by atoms with Crippen LogP contribution in [-0.4, -0.2) is 33.1 Å². The third-order valence-corrected chi connectivity index (χ3v) is 8.29. The lowest BCUT2D eigenvalue weighted by atomic mass is 9.65. The molecule has 0 radical (unpaired) electrons. The van der Waals surface area contributed by atoms with E-state index in [-0.39, 0.29) is 16.9 Å². The molecule has 3 nitrogen and oxygen atoms in total. The molecule has 3 atom stereocenters. The van der Waals surface area contributed by atoms with E-state index in [2.05, 4.69) is 110 Å². The van der Waals surface area contributed by atoms with E-state index < -0.39 is 11.7 Å². The molecule has 3 unspecified atom stereocenters. The molecule has 2 aliphatic rings. The Morgan fingerprint density at radius 2 is 1.16 bits per heavy atom. The van der Waals surface area contributed by atoms with Gasteiger partial charge >= 0.3 is 0 Å². The molecule has 0 saturated heterocycles. The molecule has 0 aromatic heterocycles. The van der Waals surface area contributed by atoms with Crippen molar-refractivity contribution in [2.75, 3.05) is 0 Å². The highest BCUT2D eigenvalue weighted by molar-refractivity contribution is 5.38. The highest BCUT2D eigenvalue weighted by Crippen LogP contribution is 2.45. The molecule has 2 aliphatic carbocycles. The molecule has 234 valence electrons. The van der Waals surface area contributed by atoms with Gasteiger partial charge in [-0.05, 0) is 88.9 Å². The van der Waals surface area contributed by atoms with Crippen molar-refractivity contribution in [2.45, 2.75) is 113 Å². The molecule has 2 rings (SSSR count). The van der Waals surface area contributed by atoms with E-state index in [1.807, 2.05) is 37.3 Å². The maximum atomic E-state index is 10.8. The minimum Gasteiger partial charge on any atom is -0.393 e. The number of rotatable bonds is 9. The van der Waals surface area contributed by atoms with Gasteiger partial charge in [0.1, 0.15) is 0 Å². The minimum absolute atomic E-state index is 0.00390. The second kappa shape index (κ2) is 15.7. The van der Waals surface area contributed by atoms with Gasteiger partial charge in [0.25, 0.3) is 0 Å². The average molecular weight is 585 g/mol. The Bertz CT molecular complexity index is 1320. The van der Waals surface area contributed by atoms with Crippen molar-refractivity contribution in [3.05, 3.63) is 124 Å². The molecule has 0 amide bonds. The highest BCUT2D eigenvalue weighted by Gasteiger charge is 2.44. The fourth-order valence-electron chi connectivity index (χ4n) is 6.32. The zero-order valence-electron chi connectivity index (χ0n) is 28.3. The Labute approximate surface area is 262 Å². The Balaban J connectivity index is 1.95. The smallest absolute Gasteiger partial charge is 0.0931 e. The molecule has 0 bridgehead atoms. The summed E-state index contributed by atoms with van der Waals surface area (Å²) < 4.78 is 0. The van der Waals surface area contributed by atoms with Gasteiger partial charge in [-0.25, -0.2) is 0 Å². The van der Waals surface area contributed by atoms with E-state index in [0.29, 0.717) is 12.8 Å². The average Bonchev–Trinajstić information content (AvgIpc) is 2.83. The summed E-state index contributed by atoms with van der Waals surface area (Å²) >= 11 is 0. The maximum absolute atomic E-state index is 10.8. The van der Waals surface area contributed by atoms with Crippen molar-refractivity contribution in [2.24, 2.45) is 10.8 Å². The lowest BCUT2D eigenvalue weighted by Crippen LogP contribution is -2.45. The van der Waals surface area contributed by atoms with Crippen molar-refractivity contribution >= 4 is 0 Å². The summed E-state index contributed by atoms with van der Waals surface area (Å²) in [5, 5.41) is 31.1. The number of allylic oxidation sites excluding steroid dienone is 17. The molecule has 3 N–H and O–H groups in total. The Morgan fingerprint density at radius 1 is 0.674 bits per heavy atom. The summed E-state index contributed by atoms with van der Waals surface area (Å²) in [7, 11) is 0. The van der Waals surface area contributed by atoms with Crippen LogP contribution in [0.3, 0.4) is 0 Å². The van der Waals surface area contributed by atoms with Gasteiger partial charge in [-0.2, -0.15) is 0 Å². The third kappa shape index (κ3) is 11.9. The summed E-state index contributed by atoms with van der Waals surface area (Å²) in [4.78, 5) is 0. The van der Waals surface area contributed by atoms with Crippen molar-refractivity contribution in [3.8, 4) is 0 Å². The van der Waals surface area contributed by atoms with Crippen molar-refractivity contribution in [1.82, 2.24) is 0 Å². The van der Waals surface area contributed by atoms with Gasteiger partial charge < -0.3 is 15.3 Å². The van der Waals surface area contributed by atoms with Crippen LogP contribution in [0, 0.1) is 10.8 Å². The molecule has 1 saturated carbocycles. The summed E-state index contributed by atoms with van der Waals surface area (Å²) in [6.07, 6.45) is 28.8. The summed E-state index contributed by atoms with van der Waals surface area (Å²) in [5.41, 5.74) is 9.98. The van der Waals surface area contributed by atoms with E-state index in [4.69, 9.17) is 0 Å². The fraction of sp³-hybridized carbons (Fsp3) is 0.475. The molecule has 1 fully saturated rings. The van der Waals surface area contributed by atoms with E-state index in [0.717, 1.165) is 29.6 Å². The molecule has 0 aliphatic heterocycles. The minimum atomic E-state index is -1.05. The molecule has 0 spiro atoms. The van der Waals surface area contributed by atoms with Crippen LogP contribution in [0.4, 0.5) is 0 Å². The Kier molecular flexibility index (Phi) is 13.2. The third-order valence-electron chi connectivity index (χ3n) is 8.29. The van der Waals surface area contributed by atoms with Gasteiger partial charge in [0, 0.05) is 12.0 Å². The van der Waals surface area contributed by atoms with Gasteiger partial charge in [0.15, 0.2) is 0 Å². The van der Waals surface area contributed by atoms with Crippen LogP contribution in [-0.2, 0) is 0 Å². The van der Waals surface area contributed by atoms with Crippen LogP contribution >= 0.6 is 0 Å². The SMILES string of the molecule is CC(C=C=C1C(C)(C)CC(O)CC1(C)O)=CC=CC(C)=CC=CC=C(C)C=CC=C(C)C=CC1=C(C)CC(O)CC1(C)C. The van der Waals surface area contributed by atoms with Crippen LogP contribution in [0.5, 0.6) is 0 Å². The van der Waals surface area contributed by atoms with Crippen LogP contribution < -0.4 is 0 Å². The fourth-order valence-corrected chi connectivity index (χ4v) is 6.32. The maximum Gasteiger partial charge on any atom is 0.0931 e. The van der Waals surface area contributed by atoms with Crippen molar-refractivity contribution < 1.29 is 15.3 Å². The van der Waals surface area contributed by atoms with Crippen molar-refractivity contribution in [3.63, 3.8) is 0 Å². The Hall–Kier alpha value is -2.94. The first-order chi connectivity index (χ1) is 19.9. The van der Waals surface area contributed by atoms with Crippen LogP contribution in [0.15, 0.2) is 124 Å². The predicted octanol–water partition coefficient (Wildman–Crippen LogP) is 9.51. The number of aliphatic hydroxyl groups is 3. The van der Waals surface area contributed by atoms with Gasteiger partial charge in [-0.1, -0.05) is 123 Å². The molecular formula is C40H56O3. The molecular weight excluding hydrogens is 528 g/mol. The largest absolute Gasteiger partial charge is 0.393 e. The van der Waals surface area contributed by atoms with Crippen LogP contribution in [0.25, 0.3) is 0 Å². The molecule has 0 aromatic carbocycles. The Morgan fingerprint density at radius 3 is 1.70 bits per heavy atom. The number of hydrogen-bond donors (Lipinski definition) is 3. The van der Waals surface area contributed by atoms with Gasteiger partial charge in [0.05, 0.1) is 17.8 Å². The van der Waals surface area contributed by atoms with Gasteiger partial charge in [0.2, 0.25) is 0 Å².